The van der Waals surface area contributed by atoms with E-state index < -0.39 is 11.6 Å². The Morgan fingerprint density at radius 2 is 2.17 bits per heavy atom. The van der Waals surface area contributed by atoms with Gasteiger partial charge in [0.25, 0.3) is 5.60 Å². The number of ether oxygens (including phenoxy) is 1. The van der Waals surface area contributed by atoms with E-state index in [9.17, 15) is 9.90 Å². The van der Waals surface area contributed by atoms with Crippen LogP contribution in [0.4, 0.5) is 5.82 Å². The first-order valence-corrected chi connectivity index (χ1v) is 7.90. The Labute approximate surface area is 145 Å². The molecule has 0 saturated heterocycles. The number of nitrogens with zero attached hydrogens (tertiary/aromatic N) is 4. The monoisotopic (exact) mass is 398 g/mol. The van der Waals surface area contributed by atoms with Crippen molar-refractivity contribution in [1.29, 1.82) is 0 Å². The molecule has 2 heterocycles. The lowest BCUT2D eigenvalue weighted by atomic mass is 9.99. The van der Waals surface area contributed by atoms with Crippen LogP contribution in [0.3, 0.4) is 0 Å². The minimum absolute atomic E-state index is 0.0193. The first-order valence-electron chi connectivity index (χ1n) is 6.73. The Hall–Kier alpha value is -1.77. The SMILES string of the molecule is CCOC(=O)C1(O)C(Br)=NN(C)c2nc3ccc(Cl)cc3nc21. The number of hydrogen-bond acceptors (Lipinski definition) is 7. The number of benzene rings is 1. The molecule has 3 rings (SSSR count). The highest BCUT2D eigenvalue weighted by Gasteiger charge is 2.51. The lowest BCUT2D eigenvalue weighted by Crippen LogP contribution is -2.47. The number of aliphatic hydroxyl groups is 1. The minimum Gasteiger partial charge on any atom is -0.463 e. The molecule has 0 aliphatic carbocycles. The van der Waals surface area contributed by atoms with Crippen LogP contribution < -0.4 is 5.01 Å². The standard InChI is InChI=1S/C14H12BrClN4O3/c1-3-23-13(21)14(22)10-11(20(2)19-12(14)15)18-8-5-4-7(16)6-9(8)17-10/h4-6,22H,3H2,1-2H3. The number of rotatable bonds is 2. The van der Waals surface area contributed by atoms with Crippen molar-refractivity contribution in [3.05, 3.63) is 28.9 Å². The second-order valence-electron chi connectivity index (χ2n) is 4.87. The quantitative estimate of drug-likeness (QED) is 0.779. The molecule has 0 spiro atoms. The largest absolute Gasteiger partial charge is 0.463 e. The second kappa shape index (κ2) is 5.70. The predicted molar refractivity (Wildman–Crippen MR) is 89.8 cm³/mol. The van der Waals surface area contributed by atoms with Crippen molar-refractivity contribution >= 4 is 55.0 Å². The van der Waals surface area contributed by atoms with Crippen LogP contribution in [0.2, 0.25) is 5.02 Å². The zero-order chi connectivity index (χ0) is 16.8. The van der Waals surface area contributed by atoms with Crippen LogP contribution >= 0.6 is 27.5 Å². The number of aromatic nitrogens is 2. The van der Waals surface area contributed by atoms with Gasteiger partial charge < -0.3 is 9.84 Å². The summed E-state index contributed by atoms with van der Waals surface area (Å²) in [4.78, 5) is 21.1. The molecule has 23 heavy (non-hydrogen) atoms. The predicted octanol–water partition coefficient (Wildman–Crippen LogP) is 2.19. The van der Waals surface area contributed by atoms with E-state index in [0.29, 0.717) is 16.1 Å². The molecule has 1 atom stereocenters. The zero-order valence-corrected chi connectivity index (χ0v) is 14.6. The summed E-state index contributed by atoms with van der Waals surface area (Å²) in [6, 6.07) is 5.00. The highest BCUT2D eigenvalue weighted by atomic mass is 79.9. The summed E-state index contributed by atoms with van der Waals surface area (Å²) in [5, 5.41) is 16.9. The summed E-state index contributed by atoms with van der Waals surface area (Å²) in [5.41, 5.74) is -1.09. The maximum Gasteiger partial charge on any atom is 0.351 e. The van der Waals surface area contributed by atoms with Gasteiger partial charge in [-0.3, -0.25) is 0 Å². The lowest BCUT2D eigenvalue weighted by Gasteiger charge is -2.32. The molecule has 1 aromatic carbocycles. The van der Waals surface area contributed by atoms with Gasteiger partial charge in [-0.2, -0.15) is 5.10 Å². The fourth-order valence-corrected chi connectivity index (χ4v) is 3.01. The van der Waals surface area contributed by atoms with Gasteiger partial charge in [-0.05, 0) is 41.1 Å². The van der Waals surface area contributed by atoms with Crippen LogP contribution in [0.25, 0.3) is 11.0 Å². The number of carbonyl (C=O) groups excluding carboxylic acids is 1. The normalized spacial score (nSPS) is 20.2. The fourth-order valence-electron chi connectivity index (χ4n) is 2.25. The minimum atomic E-state index is -2.15. The topological polar surface area (TPSA) is 87.9 Å². The molecule has 1 aliphatic rings. The molecular weight excluding hydrogens is 388 g/mol. The molecule has 1 unspecified atom stereocenters. The van der Waals surface area contributed by atoms with E-state index in [2.05, 4.69) is 31.0 Å². The molecule has 2 aromatic rings. The highest BCUT2D eigenvalue weighted by molar-refractivity contribution is 9.18. The average molecular weight is 400 g/mol. The molecule has 1 aromatic heterocycles. The molecule has 0 bridgehead atoms. The van der Waals surface area contributed by atoms with Crippen LogP contribution in [0.1, 0.15) is 12.6 Å². The van der Waals surface area contributed by atoms with Gasteiger partial charge in [0.05, 0.1) is 17.6 Å². The maximum atomic E-state index is 12.3. The van der Waals surface area contributed by atoms with Crippen molar-refractivity contribution in [2.45, 2.75) is 12.5 Å². The van der Waals surface area contributed by atoms with E-state index in [1.165, 1.54) is 5.01 Å². The molecule has 0 radical (unpaired) electrons. The summed E-state index contributed by atoms with van der Waals surface area (Å²) in [6.45, 7) is 1.76. The molecule has 0 fully saturated rings. The van der Waals surface area contributed by atoms with E-state index >= 15 is 0 Å². The van der Waals surface area contributed by atoms with Gasteiger partial charge in [-0.15, -0.1) is 0 Å². The molecule has 1 N–H and O–H groups in total. The van der Waals surface area contributed by atoms with Crippen molar-refractivity contribution in [2.24, 2.45) is 5.10 Å². The van der Waals surface area contributed by atoms with Crippen molar-refractivity contribution in [3.63, 3.8) is 0 Å². The summed E-state index contributed by atoms with van der Waals surface area (Å²) >= 11 is 9.11. The molecule has 9 heteroatoms. The van der Waals surface area contributed by atoms with Gasteiger partial charge in [0.2, 0.25) is 0 Å². The lowest BCUT2D eigenvalue weighted by molar-refractivity contribution is -0.158. The van der Waals surface area contributed by atoms with E-state index in [-0.39, 0.29) is 22.7 Å². The van der Waals surface area contributed by atoms with Gasteiger partial charge in [-0.25, -0.2) is 19.8 Å². The number of esters is 1. The van der Waals surface area contributed by atoms with Gasteiger partial charge in [-0.1, -0.05) is 11.6 Å². The van der Waals surface area contributed by atoms with Crippen LogP contribution in [-0.4, -0.2) is 39.3 Å². The van der Waals surface area contributed by atoms with Gasteiger partial charge in [0, 0.05) is 12.1 Å². The summed E-state index contributed by atoms with van der Waals surface area (Å²) in [7, 11) is 1.64. The first-order chi connectivity index (χ1) is 10.9. The van der Waals surface area contributed by atoms with Crippen molar-refractivity contribution in [2.75, 3.05) is 18.7 Å². The Kier molecular flexibility index (Phi) is 3.99. The van der Waals surface area contributed by atoms with Crippen molar-refractivity contribution < 1.29 is 14.6 Å². The van der Waals surface area contributed by atoms with Gasteiger partial charge in [0.15, 0.2) is 10.4 Å². The number of fused-ring (bicyclic) bond motifs is 2. The van der Waals surface area contributed by atoms with Crippen molar-refractivity contribution in [3.8, 4) is 0 Å². The van der Waals surface area contributed by atoms with E-state index in [0.717, 1.165) is 0 Å². The number of halogens is 2. The van der Waals surface area contributed by atoms with Crippen LogP contribution in [0.15, 0.2) is 23.3 Å². The zero-order valence-electron chi connectivity index (χ0n) is 12.2. The number of anilines is 1. The molecule has 7 nitrogen and oxygen atoms in total. The third-order valence-corrected chi connectivity index (χ3v) is 4.33. The summed E-state index contributed by atoms with van der Waals surface area (Å²) in [6.07, 6.45) is 0. The molecular formula is C14H12BrClN4O3. The maximum absolute atomic E-state index is 12.3. The molecule has 0 saturated carbocycles. The third kappa shape index (κ3) is 2.46. The number of carbonyl (C=O) groups is 1. The Bertz CT molecular complexity index is 844. The first kappa shape index (κ1) is 16.1. The van der Waals surface area contributed by atoms with E-state index in [1.807, 2.05) is 0 Å². The van der Waals surface area contributed by atoms with Crippen LogP contribution in [0, 0.1) is 0 Å². The number of hydrogen-bond donors (Lipinski definition) is 1. The molecule has 0 amide bonds. The van der Waals surface area contributed by atoms with E-state index in [4.69, 9.17) is 16.3 Å². The Morgan fingerprint density at radius 3 is 2.87 bits per heavy atom. The van der Waals surface area contributed by atoms with Crippen LogP contribution in [-0.2, 0) is 15.1 Å². The fraction of sp³-hybridized carbons (Fsp3) is 0.286. The molecule has 1 aliphatic heterocycles. The van der Waals surface area contributed by atoms with E-state index in [1.54, 1.807) is 32.2 Å². The van der Waals surface area contributed by atoms with Crippen molar-refractivity contribution in [1.82, 2.24) is 9.97 Å². The molecule has 120 valence electrons. The summed E-state index contributed by atoms with van der Waals surface area (Å²) in [5.74, 6) is -0.612. The van der Waals surface area contributed by atoms with Gasteiger partial charge in [0.1, 0.15) is 5.69 Å². The number of hydrazone groups is 1. The Balaban J connectivity index is 2.29. The smallest absolute Gasteiger partial charge is 0.351 e. The third-order valence-electron chi connectivity index (χ3n) is 3.36. The van der Waals surface area contributed by atoms with Gasteiger partial charge >= 0.3 is 5.97 Å². The van der Waals surface area contributed by atoms with Crippen LogP contribution in [0.5, 0.6) is 0 Å². The average Bonchev–Trinajstić information content (AvgIpc) is 2.51. The highest BCUT2D eigenvalue weighted by Crippen LogP contribution is 2.37. The Morgan fingerprint density at radius 1 is 1.43 bits per heavy atom. The summed E-state index contributed by atoms with van der Waals surface area (Å²) < 4.78 is 4.95. The second-order valence-corrected chi connectivity index (χ2v) is 6.06.